The molecule has 0 atom stereocenters. The molecule has 2 N–H and O–H groups in total. The van der Waals surface area contributed by atoms with Crippen LogP contribution in [-0.4, -0.2) is 46.1 Å². The molecule has 1 heterocycles. The molecule has 0 bridgehead atoms. The molecule has 110 valence electrons. The van der Waals surface area contributed by atoms with Crippen molar-refractivity contribution in [3.05, 3.63) is 28.5 Å². The lowest BCUT2D eigenvalue weighted by Crippen LogP contribution is -2.53. The fourth-order valence-electron chi connectivity index (χ4n) is 2.54. The number of aromatic nitrogens is 1. The number of halogens is 1. The number of nitrogens with zero attached hydrogens (tertiary/aromatic N) is 2. The highest BCUT2D eigenvalue weighted by molar-refractivity contribution is 9.10. The molecule has 1 aromatic heterocycles. The van der Waals surface area contributed by atoms with Gasteiger partial charge in [0.2, 0.25) is 0 Å². The molecule has 0 saturated heterocycles. The van der Waals surface area contributed by atoms with Crippen LogP contribution in [0.5, 0.6) is 0 Å². The summed E-state index contributed by atoms with van der Waals surface area (Å²) < 4.78 is 0.988. The van der Waals surface area contributed by atoms with E-state index in [1.54, 1.807) is 6.20 Å². The number of rotatable bonds is 7. The Morgan fingerprint density at radius 1 is 1.55 bits per heavy atom. The summed E-state index contributed by atoms with van der Waals surface area (Å²) in [6.45, 7) is 3.74. The van der Waals surface area contributed by atoms with Crippen molar-refractivity contribution in [3.63, 3.8) is 0 Å². The first-order valence-corrected chi connectivity index (χ1v) is 7.66. The first kappa shape index (κ1) is 15.4. The van der Waals surface area contributed by atoms with E-state index in [-0.39, 0.29) is 6.54 Å². The van der Waals surface area contributed by atoms with Crippen LogP contribution in [0.1, 0.15) is 25.3 Å². The van der Waals surface area contributed by atoms with Gasteiger partial charge in [0.1, 0.15) is 0 Å². The van der Waals surface area contributed by atoms with Crippen molar-refractivity contribution in [3.8, 4) is 0 Å². The maximum absolute atomic E-state index is 10.8. The highest BCUT2D eigenvalue weighted by atomic mass is 79.9. The van der Waals surface area contributed by atoms with Gasteiger partial charge in [-0.25, -0.2) is 0 Å². The third-order valence-electron chi connectivity index (χ3n) is 3.73. The van der Waals surface area contributed by atoms with Crippen molar-refractivity contribution in [1.29, 1.82) is 0 Å². The van der Waals surface area contributed by atoms with Gasteiger partial charge in [-0.15, -0.1) is 0 Å². The molecule has 0 radical (unpaired) electrons. The lowest BCUT2D eigenvalue weighted by Gasteiger charge is -2.42. The summed E-state index contributed by atoms with van der Waals surface area (Å²) in [4.78, 5) is 16.9. The van der Waals surface area contributed by atoms with Gasteiger partial charge in [0.15, 0.2) is 0 Å². The summed E-state index contributed by atoms with van der Waals surface area (Å²) in [5.74, 6) is -0.747. The van der Waals surface area contributed by atoms with E-state index in [1.165, 1.54) is 0 Å². The number of carbonyl (C=O) groups is 1. The molecule has 0 spiro atoms. The van der Waals surface area contributed by atoms with E-state index in [0.717, 1.165) is 36.0 Å². The van der Waals surface area contributed by atoms with Crippen molar-refractivity contribution < 1.29 is 9.90 Å². The minimum Gasteiger partial charge on any atom is -0.480 e. The van der Waals surface area contributed by atoms with Crippen LogP contribution in [0.25, 0.3) is 0 Å². The third-order valence-corrected chi connectivity index (χ3v) is 4.16. The Morgan fingerprint density at radius 3 is 2.90 bits per heavy atom. The smallest absolute Gasteiger partial charge is 0.317 e. The van der Waals surface area contributed by atoms with Gasteiger partial charge in [0, 0.05) is 35.5 Å². The van der Waals surface area contributed by atoms with E-state index in [1.807, 2.05) is 18.0 Å². The number of pyridine rings is 1. The van der Waals surface area contributed by atoms with Crippen LogP contribution in [0.4, 0.5) is 0 Å². The minimum absolute atomic E-state index is 0.142. The maximum Gasteiger partial charge on any atom is 0.317 e. The molecular formula is C14H20BrN3O2. The SMILES string of the molecule is CCN(CC(=O)O)C1CC(NCc2cncc(Br)c2)C1. The minimum atomic E-state index is -0.747. The average molecular weight is 342 g/mol. The van der Waals surface area contributed by atoms with E-state index >= 15 is 0 Å². The molecule has 5 nitrogen and oxygen atoms in total. The Kier molecular flexibility index (Phi) is 5.51. The van der Waals surface area contributed by atoms with Gasteiger partial charge in [-0.05, 0) is 46.9 Å². The molecule has 0 unspecified atom stereocenters. The summed E-state index contributed by atoms with van der Waals surface area (Å²) >= 11 is 3.41. The first-order chi connectivity index (χ1) is 9.58. The average Bonchev–Trinajstić information content (AvgIpc) is 2.35. The highest BCUT2D eigenvalue weighted by Crippen LogP contribution is 2.25. The van der Waals surface area contributed by atoms with E-state index in [4.69, 9.17) is 5.11 Å². The molecular weight excluding hydrogens is 322 g/mol. The van der Waals surface area contributed by atoms with Gasteiger partial charge >= 0.3 is 5.97 Å². The van der Waals surface area contributed by atoms with E-state index in [2.05, 4.69) is 32.3 Å². The summed E-state index contributed by atoms with van der Waals surface area (Å²) in [6.07, 6.45) is 5.66. The monoisotopic (exact) mass is 341 g/mol. The number of carboxylic acid groups (broad SMARTS) is 1. The zero-order valence-electron chi connectivity index (χ0n) is 11.6. The van der Waals surface area contributed by atoms with Gasteiger partial charge in [-0.1, -0.05) is 6.92 Å². The second-order valence-corrected chi connectivity index (χ2v) is 6.09. The van der Waals surface area contributed by atoms with Crippen molar-refractivity contribution in [1.82, 2.24) is 15.2 Å². The fourth-order valence-corrected chi connectivity index (χ4v) is 2.95. The predicted molar refractivity (Wildman–Crippen MR) is 80.5 cm³/mol. The molecule has 1 aromatic rings. The second-order valence-electron chi connectivity index (χ2n) is 5.17. The molecule has 1 aliphatic rings. The molecule has 2 rings (SSSR count). The van der Waals surface area contributed by atoms with E-state index in [9.17, 15) is 4.79 Å². The molecule has 0 aliphatic heterocycles. The van der Waals surface area contributed by atoms with Crippen LogP contribution in [0.15, 0.2) is 22.9 Å². The van der Waals surface area contributed by atoms with Crippen LogP contribution in [0, 0.1) is 0 Å². The van der Waals surface area contributed by atoms with Crippen LogP contribution in [0.3, 0.4) is 0 Å². The van der Waals surface area contributed by atoms with Gasteiger partial charge in [-0.3, -0.25) is 14.7 Å². The number of likely N-dealkylation sites (N-methyl/N-ethyl adjacent to an activating group) is 1. The van der Waals surface area contributed by atoms with Gasteiger partial charge < -0.3 is 10.4 Å². The Labute approximate surface area is 127 Å². The Balaban J connectivity index is 1.72. The van der Waals surface area contributed by atoms with Crippen molar-refractivity contribution in [2.45, 2.75) is 38.4 Å². The maximum atomic E-state index is 10.8. The Morgan fingerprint density at radius 2 is 2.30 bits per heavy atom. The van der Waals surface area contributed by atoms with E-state index < -0.39 is 5.97 Å². The van der Waals surface area contributed by atoms with Crippen molar-refractivity contribution in [2.24, 2.45) is 0 Å². The van der Waals surface area contributed by atoms with Gasteiger partial charge in [0.25, 0.3) is 0 Å². The van der Waals surface area contributed by atoms with Crippen LogP contribution in [-0.2, 0) is 11.3 Å². The van der Waals surface area contributed by atoms with Crippen molar-refractivity contribution in [2.75, 3.05) is 13.1 Å². The zero-order valence-corrected chi connectivity index (χ0v) is 13.1. The van der Waals surface area contributed by atoms with Gasteiger partial charge in [-0.2, -0.15) is 0 Å². The van der Waals surface area contributed by atoms with Crippen LogP contribution >= 0.6 is 15.9 Å². The largest absolute Gasteiger partial charge is 0.480 e. The summed E-state index contributed by atoms with van der Waals surface area (Å²) in [5.41, 5.74) is 1.15. The summed E-state index contributed by atoms with van der Waals surface area (Å²) in [5, 5.41) is 12.3. The quantitative estimate of drug-likeness (QED) is 0.792. The fraction of sp³-hybridized carbons (Fsp3) is 0.571. The topological polar surface area (TPSA) is 65.5 Å². The van der Waals surface area contributed by atoms with Crippen LogP contribution in [0.2, 0.25) is 0 Å². The van der Waals surface area contributed by atoms with E-state index in [0.29, 0.717) is 12.1 Å². The first-order valence-electron chi connectivity index (χ1n) is 6.87. The standard InChI is InChI=1S/C14H20BrN3O2/c1-2-18(9-14(19)20)13-4-12(5-13)17-7-10-3-11(15)8-16-6-10/h3,6,8,12-13,17H,2,4-5,7,9H2,1H3,(H,19,20). The van der Waals surface area contributed by atoms with Crippen molar-refractivity contribution >= 4 is 21.9 Å². The number of hydrogen-bond acceptors (Lipinski definition) is 4. The normalized spacial score (nSPS) is 21.8. The predicted octanol–water partition coefficient (Wildman–Crippen LogP) is 1.87. The molecule has 1 aliphatic carbocycles. The molecule has 1 saturated carbocycles. The third kappa shape index (κ3) is 4.26. The molecule has 1 fully saturated rings. The number of aliphatic carboxylic acids is 1. The Hall–Kier alpha value is -0.980. The van der Waals surface area contributed by atoms with Crippen LogP contribution < -0.4 is 5.32 Å². The zero-order chi connectivity index (χ0) is 14.5. The molecule has 6 heteroatoms. The number of hydrogen-bond donors (Lipinski definition) is 2. The number of carboxylic acids is 1. The molecule has 20 heavy (non-hydrogen) atoms. The lowest BCUT2D eigenvalue weighted by atomic mass is 9.85. The number of nitrogens with one attached hydrogen (secondary N) is 1. The van der Waals surface area contributed by atoms with Gasteiger partial charge in [0.05, 0.1) is 6.54 Å². The Bertz CT molecular complexity index is 463. The second kappa shape index (κ2) is 7.15. The molecule has 0 aromatic carbocycles. The highest BCUT2D eigenvalue weighted by Gasteiger charge is 2.33. The summed E-state index contributed by atoms with van der Waals surface area (Å²) in [6, 6.07) is 2.93. The summed E-state index contributed by atoms with van der Waals surface area (Å²) in [7, 11) is 0. The lowest BCUT2D eigenvalue weighted by molar-refractivity contribution is -0.139. The molecule has 0 amide bonds.